The highest BCUT2D eigenvalue weighted by molar-refractivity contribution is 5.60. The summed E-state index contributed by atoms with van der Waals surface area (Å²) in [6, 6.07) is 17.2. The summed E-state index contributed by atoms with van der Waals surface area (Å²) in [5.41, 5.74) is 5.46. The third kappa shape index (κ3) is 2.28. The van der Waals surface area contributed by atoms with Crippen LogP contribution in [0.3, 0.4) is 0 Å². The molecule has 2 aromatic rings. The number of allylic oxidation sites excluding steroid dienone is 2. The maximum Gasteiger partial charge on any atom is -0.00882 e. The first-order valence-corrected chi connectivity index (χ1v) is 6.42. The fourth-order valence-corrected chi connectivity index (χ4v) is 2.39. The third-order valence-corrected chi connectivity index (χ3v) is 3.38. The number of rotatable bonds is 0. The highest BCUT2D eigenvalue weighted by atomic mass is 14.1. The SMILES string of the molecule is C1=C\c2ccccc2C/C=C\c2ccccc2C/1. The van der Waals surface area contributed by atoms with Gasteiger partial charge in [-0.3, -0.25) is 0 Å². The Hall–Kier alpha value is -2.08. The molecule has 0 nitrogen and oxygen atoms in total. The Morgan fingerprint density at radius 2 is 1.00 bits per heavy atom. The standard InChI is InChI=1S/C18H16/c1-2-8-16-12-6-14-18-10-4-3-9-17(18)13-5-11-15(16)7-1/h1-11,14H,12-13H2/b11-5-,14-6-. The molecule has 0 unspecified atom stereocenters. The molecule has 0 heteroatoms. The van der Waals surface area contributed by atoms with Crippen molar-refractivity contribution >= 4 is 12.2 Å². The van der Waals surface area contributed by atoms with Gasteiger partial charge in [0.1, 0.15) is 0 Å². The van der Waals surface area contributed by atoms with Crippen molar-refractivity contribution in [3.05, 3.63) is 82.9 Å². The molecule has 0 atom stereocenters. The lowest BCUT2D eigenvalue weighted by atomic mass is 9.98. The van der Waals surface area contributed by atoms with E-state index in [9.17, 15) is 0 Å². The number of benzene rings is 2. The van der Waals surface area contributed by atoms with Gasteiger partial charge in [-0.1, -0.05) is 72.8 Å². The first kappa shape index (κ1) is 11.0. The van der Waals surface area contributed by atoms with Crippen LogP contribution in [-0.2, 0) is 12.8 Å². The Labute approximate surface area is 108 Å². The molecule has 2 aromatic carbocycles. The second-order valence-corrected chi connectivity index (χ2v) is 4.61. The van der Waals surface area contributed by atoms with Gasteiger partial charge in [0.05, 0.1) is 0 Å². The van der Waals surface area contributed by atoms with E-state index in [-0.39, 0.29) is 0 Å². The fourth-order valence-electron chi connectivity index (χ4n) is 2.39. The second-order valence-electron chi connectivity index (χ2n) is 4.61. The van der Waals surface area contributed by atoms with E-state index in [2.05, 4.69) is 72.8 Å². The van der Waals surface area contributed by atoms with Crippen molar-refractivity contribution in [1.29, 1.82) is 0 Å². The van der Waals surface area contributed by atoms with E-state index in [1.165, 1.54) is 22.3 Å². The normalized spacial score (nSPS) is 17.3. The molecule has 0 fully saturated rings. The second kappa shape index (κ2) is 5.05. The van der Waals surface area contributed by atoms with Gasteiger partial charge in [-0.2, -0.15) is 0 Å². The molecule has 0 bridgehead atoms. The smallest absolute Gasteiger partial charge is 0.00882 e. The monoisotopic (exact) mass is 232 g/mol. The lowest BCUT2D eigenvalue weighted by molar-refractivity contribution is 1.23. The minimum absolute atomic E-state index is 0.995. The summed E-state index contributed by atoms with van der Waals surface area (Å²) in [6.45, 7) is 0. The van der Waals surface area contributed by atoms with Crippen LogP contribution in [-0.4, -0.2) is 0 Å². The lowest BCUT2D eigenvalue weighted by Gasteiger charge is -2.07. The molecule has 1 aliphatic carbocycles. The van der Waals surface area contributed by atoms with Gasteiger partial charge in [-0.15, -0.1) is 0 Å². The molecular formula is C18H16. The first-order valence-electron chi connectivity index (χ1n) is 6.42. The third-order valence-electron chi connectivity index (χ3n) is 3.38. The van der Waals surface area contributed by atoms with Gasteiger partial charge in [0.15, 0.2) is 0 Å². The van der Waals surface area contributed by atoms with Gasteiger partial charge in [-0.05, 0) is 35.1 Å². The molecule has 0 spiro atoms. The van der Waals surface area contributed by atoms with Crippen molar-refractivity contribution in [3.63, 3.8) is 0 Å². The fraction of sp³-hybridized carbons (Fsp3) is 0.111. The Morgan fingerprint density at radius 3 is 1.50 bits per heavy atom. The summed E-state index contributed by atoms with van der Waals surface area (Å²) in [5, 5.41) is 0. The molecule has 0 aliphatic heterocycles. The van der Waals surface area contributed by atoms with Crippen molar-refractivity contribution < 1.29 is 0 Å². The van der Waals surface area contributed by atoms with Crippen molar-refractivity contribution in [2.45, 2.75) is 12.8 Å². The summed E-state index contributed by atoms with van der Waals surface area (Å²) in [4.78, 5) is 0. The van der Waals surface area contributed by atoms with Crippen molar-refractivity contribution in [3.8, 4) is 0 Å². The van der Waals surface area contributed by atoms with Crippen LogP contribution in [0.15, 0.2) is 60.7 Å². The van der Waals surface area contributed by atoms with E-state index in [0.29, 0.717) is 0 Å². The number of hydrogen-bond acceptors (Lipinski definition) is 0. The Morgan fingerprint density at radius 1 is 0.556 bits per heavy atom. The average molecular weight is 232 g/mol. The van der Waals surface area contributed by atoms with Crippen molar-refractivity contribution in [1.82, 2.24) is 0 Å². The summed E-state index contributed by atoms with van der Waals surface area (Å²) >= 11 is 0. The van der Waals surface area contributed by atoms with Crippen molar-refractivity contribution in [2.24, 2.45) is 0 Å². The van der Waals surface area contributed by atoms with Gasteiger partial charge in [0.2, 0.25) is 0 Å². The van der Waals surface area contributed by atoms with E-state index >= 15 is 0 Å². The van der Waals surface area contributed by atoms with Crippen LogP contribution in [0.1, 0.15) is 22.3 Å². The maximum absolute atomic E-state index is 2.26. The van der Waals surface area contributed by atoms with E-state index in [4.69, 9.17) is 0 Å². The molecular weight excluding hydrogens is 216 g/mol. The zero-order valence-electron chi connectivity index (χ0n) is 10.3. The summed E-state index contributed by atoms with van der Waals surface area (Å²) in [7, 11) is 0. The molecule has 0 N–H and O–H groups in total. The summed E-state index contributed by atoms with van der Waals surface area (Å²) < 4.78 is 0. The first-order chi connectivity index (χ1) is 8.93. The van der Waals surface area contributed by atoms with E-state index in [1.807, 2.05) is 0 Å². The van der Waals surface area contributed by atoms with Crippen LogP contribution in [0.5, 0.6) is 0 Å². The molecule has 0 saturated carbocycles. The zero-order valence-corrected chi connectivity index (χ0v) is 10.3. The Bertz CT molecular complexity index is 547. The summed E-state index contributed by atoms with van der Waals surface area (Å²) in [5.74, 6) is 0. The minimum Gasteiger partial charge on any atom is -0.0795 e. The van der Waals surface area contributed by atoms with Gasteiger partial charge < -0.3 is 0 Å². The van der Waals surface area contributed by atoms with E-state index < -0.39 is 0 Å². The maximum atomic E-state index is 2.26. The molecule has 18 heavy (non-hydrogen) atoms. The lowest BCUT2D eigenvalue weighted by Crippen LogP contribution is -1.91. The van der Waals surface area contributed by atoms with E-state index in [0.717, 1.165) is 12.8 Å². The van der Waals surface area contributed by atoms with Crippen LogP contribution in [0.4, 0.5) is 0 Å². The molecule has 0 amide bonds. The highest BCUT2D eigenvalue weighted by Gasteiger charge is 2.00. The molecule has 0 aromatic heterocycles. The largest absolute Gasteiger partial charge is 0.0795 e. The van der Waals surface area contributed by atoms with E-state index in [1.54, 1.807) is 0 Å². The predicted molar refractivity (Wildman–Crippen MR) is 78.4 cm³/mol. The highest BCUT2D eigenvalue weighted by Crippen LogP contribution is 2.18. The quantitative estimate of drug-likeness (QED) is 0.627. The Balaban J connectivity index is 2.02. The molecule has 88 valence electrons. The van der Waals surface area contributed by atoms with Gasteiger partial charge in [0.25, 0.3) is 0 Å². The predicted octanol–water partition coefficient (Wildman–Crippen LogP) is 4.51. The van der Waals surface area contributed by atoms with Gasteiger partial charge >= 0.3 is 0 Å². The van der Waals surface area contributed by atoms with Gasteiger partial charge in [0, 0.05) is 0 Å². The summed E-state index contributed by atoms with van der Waals surface area (Å²) in [6.07, 6.45) is 11.0. The topological polar surface area (TPSA) is 0 Å². The number of hydrogen-bond donors (Lipinski definition) is 0. The van der Waals surface area contributed by atoms with Crippen LogP contribution in [0.2, 0.25) is 0 Å². The molecule has 0 saturated heterocycles. The van der Waals surface area contributed by atoms with Crippen LogP contribution in [0.25, 0.3) is 12.2 Å². The van der Waals surface area contributed by atoms with Crippen LogP contribution in [0, 0.1) is 0 Å². The molecule has 0 radical (unpaired) electrons. The Kier molecular flexibility index (Phi) is 3.10. The average Bonchev–Trinajstić information content (AvgIpc) is 2.43. The van der Waals surface area contributed by atoms with Crippen LogP contribution < -0.4 is 0 Å². The van der Waals surface area contributed by atoms with Crippen molar-refractivity contribution in [2.75, 3.05) is 0 Å². The minimum atomic E-state index is 0.995. The zero-order chi connectivity index (χ0) is 12.2. The molecule has 1 aliphatic rings. The molecule has 3 rings (SSSR count). The molecule has 0 heterocycles. The van der Waals surface area contributed by atoms with Gasteiger partial charge in [-0.25, -0.2) is 0 Å². The number of fused-ring (bicyclic) bond motifs is 2. The van der Waals surface area contributed by atoms with Crippen LogP contribution >= 0.6 is 0 Å².